The van der Waals surface area contributed by atoms with E-state index in [-0.39, 0.29) is 17.1 Å². The number of carbonyl (C=O) groups excluding carboxylic acids is 2. The number of ketones is 1. The summed E-state index contributed by atoms with van der Waals surface area (Å²) >= 11 is 0. The van der Waals surface area contributed by atoms with E-state index in [0.29, 0.717) is 43.1 Å². The number of nitrogens with zero attached hydrogens (tertiary/aromatic N) is 1. The van der Waals surface area contributed by atoms with Gasteiger partial charge in [0.05, 0.1) is 18.7 Å². The number of phenols is 1. The lowest BCUT2D eigenvalue weighted by Gasteiger charge is -2.25. The van der Waals surface area contributed by atoms with Crippen molar-refractivity contribution in [1.29, 1.82) is 0 Å². The highest BCUT2D eigenvalue weighted by molar-refractivity contribution is 6.46. The molecule has 1 heterocycles. The van der Waals surface area contributed by atoms with Gasteiger partial charge in [0.2, 0.25) is 0 Å². The average Bonchev–Trinajstić information content (AvgIpc) is 3.01. The molecule has 1 unspecified atom stereocenters. The van der Waals surface area contributed by atoms with Crippen LogP contribution < -0.4 is 4.74 Å². The Bertz CT molecular complexity index is 933. The maximum Gasteiger partial charge on any atom is 0.295 e. The lowest BCUT2D eigenvalue weighted by Crippen LogP contribution is -2.31. The van der Waals surface area contributed by atoms with Crippen LogP contribution in [0.4, 0.5) is 0 Å². The van der Waals surface area contributed by atoms with Gasteiger partial charge in [-0.25, -0.2) is 0 Å². The lowest BCUT2D eigenvalue weighted by atomic mass is 9.95. The quantitative estimate of drug-likeness (QED) is 0.300. The van der Waals surface area contributed by atoms with Crippen molar-refractivity contribution in [2.24, 2.45) is 0 Å². The molecule has 2 N–H and O–H groups in total. The molecule has 1 aliphatic rings. The van der Waals surface area contributed by atoms with Crippen LogP contribution in [0.5, 0.6) is 11.5 Å². The number of methoxy groups -OCH3 is 1. The van der Waals surface area contributed by atoms with Crippen LogP contribution in [0.2, 0.25) is 0 Å². The van der Waals surface area contributed by atoms with Crippen molar-refractivity contribution < 1.29 is 29.3 Å². The molecular formula is C23H25NO6. The zero-order chi connectivity index (χ0) is 21.7. The standard InChI is InChI=1S/C23H25NO6/c1-3-30-14-4-13-24-20(15-5-9-17(25)10-6-15)19(22(27)23(24)28)21(26)16-7-11-18(29-2)12-8-16/h5-12,20,25-26H,3-4,13-14H2,1-2H3. The molecule has 1 amide bonds. The maximum atomic E-state index is 12.9. The summed E-state index contributed by atoms with van der Waals surface area (Å²) in [7, 11) is 1.54. The fraction of sp³-hybridized carbons (Fsp3) is 0.304. The van der Waals surface area contributed by atoms with E-state index in [4.69, 9.17) is 9.47 Å². The molecule has 0 bridgehead atoms. The molecule has 2 aromatic carbocycles. The van der Waals surface area contributed by atoms with Gasteiger partial charge >= 0.3 is 0 Å². The van der Waals surface area contributed by atoms with E-state index in [1.165, 1.54) is 24.1 Å². The molecule has 1 fully saturated rings. The third kappa shape index (κ3) is 4.31. The highest BCUT2D eigenvalue weighted by Gasteiger charge is 2.45. The first-order chi connectivity index (χ1) is 14.5. The summed E-state index contributed by atoms with van der Waals surface area (Å²) < 4.78 is 10.5. The third-order valence-corrected chi connectivity index (χ3v) is 5.00. The smallest absolute Gasteiger partial charge is 0.295 e. The van der Waals surface area contributed by atoms with E-state index in [2.05, 4.69) is 0 Å². The number of aliphatic hydroxyl groups excluding tert-OH is 1. The molecule has 1 saturated heterocycles. The second-order valence-electron chi connectivity index (χ2n) is 6.86. The van der Waals surface area contributed by atoms with Crippen LogP contribution in [-0.4, -0.2) is 53.7 Å². The summed E-state index contributed by atoms with van der Waals surface area (Å²) in [5.74, 6) is -0.973. The first kappa shape index (κ1) is 21.4. The van der Waals surface area contributed by atoms with Crippen LogP contribution in [0.3, 0.4) is 0 Å². The largest absolute Gasteiger partial charge is 0.508 e. The minimum atomic E-state index is -0.755. The molecular weight excluding hydrogens is 386 g/mol. The van der Waals surface area contributed by atoms with E-state index < -0.39 is 17.7 Å². The molecule has 7 heteroatoms. The molecule has 1 atom stereocenters. The van der Waals surface area contributed by atoms with Gasteiger partial charge in [0, 0.05) is 25.3 Å². The highest BCUT2D eigenvalue weighted by atomic mass is 16.5. The normalized spacial score (nSPS) is 18.1. The van der Waals surface area contributed by atoms with Crippen LogP contribution >= 0.6 is 0 Å². The predicted molar refractivity (Wildman–Crippen MR) is 111 cm³/mol. The number of hydrogen-bond acceptors (Lipinski definition) is 6. The number of amides is 1. The number of aliphatic hydroxyl groups is 1. The summed E-state index contributed by atoms with van der Waals surface area (Å²) in [4.78, 5) is 27.1. The van der Waals surface area contributed by atoms with Gasteiger partial charge in [-0.05, 0) is 55.3 Å². The van der Waals surface area contributed by atoms with E-state index in [1.807, 2.05) is 6.92 Å². The Kier molecular flexibility index (Phi) is 6.74. The van der Waals surface area contributed by atoms with Gasteiger partial charge in [-0.2, -0.15) is 0 Å². The lowest BCUT2D eigenvalue weighted by molar-refractivity contribution is -0.140. The van der Waals surface area contributed by atoms with Crippen LogP contribution in [0.1, 0.15) is 30.5 Å². The second kappa shape index (κ2) is 9.45. The fourth-order valence-corrected chi connectivity index (χ4v) is 3.50. The highest BCUT2D eigenvalue weighted by Crippen LogP contribution is 2.40. The van der Waals surface area contributed by atoms with Crippen molar-refractivity contribution in [2.45, 2.75) is 19.4 Å². The Morgan fingerprint density at radius 1 is 1.07 bits per heavy atom. The van der Waals surface area contributed by atoms with Crippen LogP contribution in [0.25, 0.3) is 5.76 Å². The summed E-state index contributed by atoms with van der Waals surface area (Å²) in [6.45, 7) is 3.21. The monoisotopic (exact) mass is 411 g/mol. The van der Waals surface area contributed by atoms with Crippen molar-refractivity contribution in [3.63, 3.8) is 0 Å². The van der Waals surface area contributed by atoms with Gasteiger partial charge in [0.25, 0.3) is 11.7 Å². The molecule has 1 aliphatic heterocycles. The van der Waals surface area contributed by atoms with Crippen molar-refractivity contribution in [2.75, 3.05) is 26.9 Å². The number of benzene rings is 2. The Morgan fingerprint density at radius 3 is 2.33 bits per heavy atom. The first-order valence-electron chi connectivity index (χ1n) is 9.77. The van der Waals surface area contributed by atoms with E-state index in [9.17, 15) is 19.8 Å². The summed E-state index contributed by atoms with van der Waals surface area (Å²) in [5.41, 5.74) is 1.05. The molecule has 3 rings (SSSR count). The van der Waals surface area contributed by atoms with Crippen molar-refractivity contribution >= 4 is 17.4 Å². The number of rotatable bonds is 8. The van der Waals surface area contributed by atoms with Gasteiger partial charge in [-0.15, -0.1) is 0 Å². The molecule has 2 aromatic rings. The van der Waals surface area contributed by atoms with Gasteiger partial charge in [-0.1, -0.05) is 12.1 Å². The van der Waals surface area contributed by atoms with Gasteiger partial charge in [-0.3, -0.25) is 9.59 Å². The topological polar surface area (TPSA) is 96.3 Å². The molecule has 0 saturated carbocycles. The van der Waals surface area contributed by atoms with Crippen LogP contribution in [0.15, 0.2) is 54.1 Å². The SMILES string of the molecule is CCOCCCN1C(=O)C(=O)C(=C(O)c2ccc(OC)cc2)C1c1ccc(O)cc1. The molecule has 7 nitrogen and oxygen atoms in total. The van der Waals surface area contributed by atoms with Gasteiger partial charge in [0.1, 0.15) is 17.3 Å². The number of likely N-dealkylation sites (tertiary alicyclic amines) is 1. The van der Waals surface area contributed by atoms with Crippen molar-refractivity contribution in [3.8, 4) is 11.5 Å². The maximum absolute atomic E-state index is 12.9. The number of phenolic OH excluding ortho intramolecular Hbond substituents is 1. The first-order valence-corrected chi connectivity index (χ1v) is 9.77. The average molecular weight is 411 g/mol. The zero-order valence-electron chi connectivity index (χ0n) is 17.0. The summed E-state index contributed by atoms with van der Waals surface area (Å²) in [6.07, 6.45) is 0.554. The van der Waals surface area contributed by atoms with Gasteiger partial charge in [0.15, 0.2) is 0 Å². The fourth-order valence-electron chi connectivity index (χ4n) is 3.50. The van der Waals surface area contributed by atoms with Crippen molar-refractivity contribution in [1.82, 2.24) is 4.90 Å². The second-order valence-corrected chi connectivity index (χ2v) is 6.86. The van der Waals surface area contributed by atoms with E-state index in [1.54, 1.807) is 36.4 Å². The Balaban J connectivity index is 2.04. The van der Waals surface area contributed by atoms with Crippen LogP contribution in [0, 0.1) is 0 Å². The summed E-state index contributed by atoms with van der Waals surface area (Å²) in [5, 5.41) is 20.6. The Hall–Kier alpha value is -3.32. The molecule has 30 heavy (non-hydrogen) atoms. The molecule has 0 aliphatic carbocycles. The Labute approximate surface area is 175 Å². The van der Waals surface area contributed by atoms with E-state index in [0.717, 1.165) is 0 Å². The van der Waals surface area contributed by atoms with Crippen LogP contribution in [-0.2, 0) is 14.3 Å². The Morgan fingerprint density at radius 2 is 1.73 bits per heavy atom. The number of Topliss-reactive ketones (excluding diaryl/α,β-unsaturated/α-hetero) is 1. The van der Waals surface area contributed by atoms with E-state index >= 15 is 0 Å². The summed E-state index contributed by atoms with van der Waals surface area (Å²) in [6, 6.07) is 12.1. The number of ether oxygens (including phenoxy) is 2. The predicted octanol–water partition coefficient (Wildman–Crippen LogP) is 3.25. The minimum Gasteiger partial charge on any atom is -0.508 e. The minimum absolute atomic E-state index is 0.0206. The third-order valence-electron chi connectivity index (χ3n) is 5.00. The molecule has 0 radical (unpaired) electrons. The zero-order valence-corrected chi connectivity index (χ0v) is 17.0. The number of hydrogen-bond donors (Lipinski definition) is 2. The molecule has 158 valence electrons. The number of aromatic hydroxyl groups is 1. The number of carbonyl (C=O) groups is 2. The van der Waals surface area contributed by atoms with Gasteiger partial charge < -0.3 is 24.6 Å². The molecule has 0 spiro atoms. The molecule has 0 aromatic heterocycles. The van der Waals surface area contributed by atoms with Crippen molar-refractivity contribution in [3.05, 3.63) is 65.2 Å².